The summed E-state index contributed by atoms with van der Waals surface area (Å²) >= 11 is 0. The van der Waals surface area contributed by atoms with Gasteiger partial charge in [0.05, 0.1) is 26.2 Å². The molecule has 8 nitrogen and oxygen atoms in total. The van der Waals surface area contributed by atoms with E-state index in [2.05, 4.69) is 236 Å². The third kappa shape index (κ3) is 6.32. The summed E-state index contributed by atoms with van der Waals surface area (Å²) < 4.78 is 18.0. The number of hydrogen-bond donors (Lipinski definition) is 0. The minimum atomic E-state index is -0.0173. The highest BCUT2D eigenvalue weighted by atomic mass is 15.1. The Labute approximate surface area is 366 Å². The molecule has 8 aromatic rings. The summed E-state index contributed by atoms with van der Waals surface area (Å²) in [5, 5.41) is 0. The predicted molar refractivity (Wildman–Crippen MR) is 241 cm³/mol. The van der Waals surface area contributed by atoms with E-state index in [9.17, 15) is 0 Å². The first-order valence-corrected chi connectivity index (χ1v) is 23.0. The molecule has 4 bridgehead atoms. The van der Waals surface area contributed by atoms with Gasteiger partial charge in [0.15, 0.2) is 0 Å². The predicted octanol–water partition coefficient (Wildman–Crippen LogP) is 8.51. The largest absolute Gasteiger partial charge is 0.248 e. The standard InChI is InChI=1S/C54H60N8/c1-5-55-25-29-59(39-55)47-17-9-43(10-18-47)51-33-52(44-11-19-48(20-12-44)60-30-26-56(6-2)40-60)36-53(34-51,45-13-21-49(22-14-45)61-31-27-57(7-3)41-61)38-54(35-51,37-52)46-15-23-50(24-16-46)62-32-28-58(8-4)42-62/h9-32,39-42H,5-8,33-38H2,1-4H3/q+4. The second-order valence-electron chi connectivity index (χ2n) is 19.0. The Morgan fingerprint density at radius 3 is 0.677 bits per heavy atom. The van der Waals surface area contributed by atoms with Gasteiger partial charge in [0, 0.05) is 0 Å². The second-order valence-corrected chi connectivity index (χ2v) is 19.0. The third-order valence-corrected chi connectivity index (χ3v) is 15.4. The van der Waals surface area contributed by atoms with Crippen molar-refractivity contribution in [3.8, 4) is 22.7 Å². The number of nitrogens with zero attached hydrogens (tertiary/aromatic N) is 8. The molecule has 8 heteroatoms. The van der Waals surface area contributed by atoms with Gasteiger partial charge in [-0.3, -0.25) is 0 Å². The highest BCUT2D eigenvalue weighted by molar-refractivity contribution is 5.53. The van der Waals surface area contributed by atoms with E-state index in [1.54, 1.807) is 0 Å². The van der Waals surface area contributed by atoms with Crippen LogP contribution >= 0.6 is 0 Å². The Kier molecular flexibility index (Phi) is 9.15. The van der Waals surface area contributed by atoms with Crippen LogP contribution in [0.5, 0.6) is 0 Å². The van der Waals surface area contributed by atoms with E-state index in [-0.39, 0.29) is 21.7 Å². The van der Waals surface area contributed by atoms with Crippen molar-refractivity contribution in [2.45, 2.75) is 114 Å². The lowest BCUT2D eigenvalue weighted by atomic mass is 9.32. The van der Waals surface area contributed by atoms with Crippen molar-refractivity contribution in [1.29, 1.82) is 0 Å². The number of aryl methyl sites for hydroxylation is 4. The molecule has 12 rings (SSSR count). The highest BCUT2D eigenvalue weighted by Gasteiger charge is 2.69. The first-order valence-electron chi connectivity index (χ1n) is 23.0. The molecule has 0 spiro atoms. The van der Waals surface area contributed by atoms with Crippen molar-refractivity contribution in [1.82, 2.24) is 18.3 Å². The molecule has 62 heavy (non-hydrogen) atoms. The highest BCUT2D eigenvalue weighted by Crippen LogP contribution is 2.74. The fraction of sp³-hybridized carbons (Fsp3) is 0.333. The molecule has 4 aliphatic carbocycles. The van der Waals surface area contributed by atoms with Gasteiger partial charge in [-0.15, -0.1) is 0 Å². The normalized spacial score (nSPS) is 23.9. The molecule has 4 aromatic carbocycles. The lowest BCUT2D eigenvalue weighted by Gasteiger charge is -2.71. The topological polar surface area (TPSA) is 35.2 Å². The van der Waals surface area contributed by atoms with Crippen LogP contribution in [0.25, 0.3) is 22.7 Å². The van der Waals surface area contributed by atoms with Gasteiger partial charge in [-0.25, -0.2) is 36.5 Å². The molecule has 0 amide bonds. The van der Waals surface area contributed by atoms with Crippen molar-refractivity contribution < 1.29 is 18.3 Å². The van der Waals surface area contributed by atoms with Gasteiger partial charge in [-0.2, -0.15) is 0 Å². The number of rotatable bonds is 12. The number of imidazole rings is 4. The molecule has 312 valence electrons. The molecule has 4 fully saturated rings. The number of benzene rings is 4. The van der Waals surface area contributed by atoms with Crippen molar-refractivity contribution >= 4 is 0 Å². The number of hydrogen-bond acceptors (Lipinski definition) is 0. The SMILES string of the molecule is CC[n+]1ccn(-c2ccc(C34CC5(c6ccc(-n7cc[n+](CC)c7)cc6)CC(c6ccc(-n7cc[n+](CC)c7)cc6)(C3)CC(c3ccc(-n6cc[n+](CC)c6)cc3)(C4)C5)cc2)c1. The molecule has 0 unspecified atom stereocenters. The number of aromatic nitrogens is 8. The van der Waals surface area contributed by atoms with E-state index >= 15 is 0 Å². The van der Waals surface area contributed by atoms with Gasteiger partial charge in [-0.1, -0.05) is 48.5 Å². The zero-order valence-corrected chi connectivity index (χ0v) is 36.8. The average Bonchev–Trinajstić information content (AvgIpc) is 4.17. The van der Waals surface area contributed by atoms with Crippen LogP contribution in [0.15, 0.2) is 172 Å². The van der Waals surface area contributed by atoms with Crippen LogP contribution in [-0.4, -0.2) is 18.3 Å². The summed E-state index contributed by atoms with van der Waals surface area (Å²) in [7, 11) is 0. The maximum Gasteiger partial charge on any atom is 0.248 e. The molecule has 0 aliphatic heterocycles. The zero-order chi connectivity index (χ0) is 42.1. The average molecular weight is 821 g/mol. The van der Waals surface area contributed by atoms with Crippen molar-refractivity contribution in [3.63, 3.8) is 0 Å². The summed E-state index contributed by atoms with van der Waals surface area (Å²) in [6.07, 6.45) is 33.1. The molecular weight excluding hydrogens is 761 g/mol. The molecule has 0 saturated heterocycles. The van der Waals surface area contributed by atoms with E-state index < -0.39 is 0 Å². The minimum Gasteiger partial charge on any atom is -0.237 e. The molecule has 4 heterocycles. The van der Waals surface area contributed by atoms with E-state index in [0.29, 0.717) is 0 Å². The first kappa shape index (κ1) is 38.6. The van der Waals surface area contributed by atoms with Crippen molar-refractivity contribution in [2.75, 3.05) is 0 Å². The minimum absolute atomic E-state index is 0.0173. The molecule has 4 saturated carbocycles. The summed E-state index contributed by atoms with van der Waals surface area (Å²) in [4.78, 5) is 0. The lowest BCUT2D eigenvalue weighted by Crippen LogP contribution is -2.67. The Balaban J connectivity index is 1.07. The van der Waals surface area contributed by atoms with E-state index in [4.69, 9.17) is 0 Å². The van der Waals surface area contributed by atoms with Crippen molar-refractivity contribution in [3.05, 3.63) is 194 Å². The van der Waals surface area contributed by atoms with Crippen LogP contribution in [0.1, 0.15) is 88.5 Å². The van der Waals surface area contributed by atoms with Gasteiger partial charge in [0.2, 0.25) is 25.3 Å². The molecule has 0 N–H and O–H groups in total. The monoisotopic (exact) mass is 820 g/mol. The first-order chi connectivity index (χ1) is 30.3. The van der Waals surface area contributed by atoms with Crippen LogP contribution in [0.2, 0.25) is 0 Å². The molecular formula is C54H60N8+4. The smallest absolute Gasteiger partial charge is 0.237 e. The Hall–Kier alpha value is -6.28. The maximum atomic E-state index is 2.49. The van der Waals surface area contributed by atoms with Crippen LogP contribution in [-0.2, 0) is 47.8 Å². The Bertz CT molecular complexity index is 2420. The molecule has 4 aromatic heterocycles. The van der Waals surface area contributed by atoms with E-state index in [1.807, 2.05) is 0 Å². The maximum absolute atomic E-state index is 2.49. The lowest BCUT2D eigenvalue weighted by molar-refractivity contribution is -0.692. The molecule has 0 radical (unpaired) electrons. The fourth-order valence-electron chi connectivity index (χ4n) is 12.7. The van der Waals surface area contributed by atoms with Gasteiger partial charge >= 0.3 is 0 Å². The summed E-state index contributed by atoms with van der Waals surface area (Å²) in [5.41, 5.74) is 10.7. The zero-order valence-electron chi connectivity index (χ0n) is 36.8. The summed E-state index contributed by atoms with van der Waals surface area (Å²) in [6.45, 7) is 12.6. The quantitative estimate of drug-likeness (QED) is 0.111. The second kappa shape index (κ2) is 14.7. The van der Waals surface area contributed by atoms with E-state index in [1.165, 1.54) is 45.0 Å². The van der Waals surface area contributed by atoms with Crippen LogP contribution in [0.4, 0.5) is 0 Å². The van der Waals surface area contributed by atoms with Gasteiger partial charge in [0.25, 0.3) is 0 Å². The van der Waals surface area contributed by atoms with Crippen LogP contribution in [0.3, 0.4) is 0 Å². The van der Waals surface area contributed by atoms with Gasteiger partial charge < -0.3 is 0 Å². The third-order valence-electron chi connectivity index (χ3n) is 15.4. The van der Waals surface area contributed by atoms with Gasteiger partial charge in [-0.05, 0) is 159 Å². The van der Waals surface area contributed by atoms with Crippen molar-refractivity contribution in [2.24, 2.45) is 0 Å². The Morgan fingerprint density at radius 1 is 0.323 bits per heavy atom. The van der Waals surface area contributed by atoms with Gasteiger partial charge in [0.1, 0.15) is 72.3 Å². The molecule has 0 atom stereocenters. The fourth-order valence-corrected chi connectivity index (χ4v) is 12.7. The van der Waals surface area contributed by atoms with Crippen LogP contribution in [0, 0.1) is 0 Å². The summed E-state index contributed by atoms with van der Waals surface area (Å²) in [5.74, 6) is 0. The summed E-state index contributed by atoms with van der Waals surface area (Å²) in [6, 6.07) is 38.9. The van der Waals surface area contributed by atoms with E-state index in [0.717, 1.165) is 64.7 Å². The molecule has 4 aliphatic rings. The van der Waals surface area contributed by atoms with Crippen LogP contribution < -0.4 is 18.3 Å². The Morgan fingerprint density at radius 2 is 0.516 bits per heavy atom.